The number of nitrogens with one attached hydrogen (secondary N) is 2. The van der Waals surface area contributed by atoms with Crippen LogP contribution in [0.4, 0.5) is 11.5 Å². The molecule has 1 aromatic heterocycles. The van der Waals surface area contributed by atoms with Gasteiger partial charge in [-0.05, 0) is 67.9 Å². The monoisotopic (exact) mass is 366 g/mol. The molecule has 1 atom stereocenters. The first kappa shape index (κ1) is 19.4. The number of pyridine rings is 1. The molecule has 4 N–H and O–H groups in total. The number of nitrogens with two attached hydrogens (primary N) is 1. The maximum absolute atomic E-state index is 12.6. The van der Waals surface area contributed by atoms with Crippen LogP contribution in [0.1, 0.15) is 56.4 Å². The third kappa shape index (κ3) is 4.86. The summed E-state index contributed by atoms with van der Waals surface area (Å²) in [6, 6.07) is 12.1. The van der Waals surface area contributed by atoms with E-state index in [-0.39, 0.29) is 5.91 Å². The van der Waals surface area contributed by atoms with E-state index in [1.807, 2.05) is 30.3 Å². The lowest BCUT2D eigenvalue weighted by Crippen LogP contribution is -2.48. The van der Waals surface area contributed by atoms with Gasteiger partial charge < -0.3 is 16.4 Å². The number of hydrogen-bond acceptors (Lipinski definition) is 4. The highest BCUT2D eigenvalue weighted by atomic mass is 16.2. The van der Waals surface area contributed by atoms with E-state index in [9.17, 15) is 4.79 Å². The second-order valence-electron chi connectivity index (χ2n) is 7.99. The van der Waals surface area contributed by atoms with Gasteiger partial charge in [-0.2, -0.15) is 0 Å². The molecule has 0 aliphatic carbocycles. The number of carbonyl (C=O) groups excluding carboxylic acids is 1. The summed E-state index contributed by atoms with van der Waals surface area (Å²) in [5.41, 5.74) is 9.61. The standard InChI is InChI=1S/C22H30N4O/c1-15(2)16-6-9-18(10-7-16)26-21(27)22(3,23)13-12-19-11-8-17-5-4-14-24-20(17)25-19/h6-11,15H,4-5,12-14,23H2,1-3H3,(H,24,25)(H,26,27). The first-order chi connectivity index (χ1) is 12.8. The molecule has 1 unspecified atom stereocenters. The number of fused-ring (bicyclic) bond motifs is 1. The van der Waals surface area contributed by atoms with Crippen molar-refractivity contribution in [2.45, 2.75) is 57.9 Å². The average Bonchev–Trinajstić information content (AvgIpc) is 2.66. The highest BCUT2D eigenvalue weighted by molar-refractivity contribution is 5.97. The number of anilines is 2. The van der Waals surface area contributed by atoms with E-state index in [1.54, 1.807) is 6.92 Å². The van der Waals surface area contributed by atoms with Crippen molar-refractivity contribution >= 4 is 17.4 Å². The molecule has 1 aliphatic rings. The van der Waals surface area contributed by atoms with Gasteiger partial charge in [0, 0.05) is 17.9 Å². The van der Waals surface area contributed by atoms with E-state index >= 15 is 0 Å². The molecule has 5 heteroatoms. The summed E-state index contributed by atoms with van der Waals surface area (Å²) >= 11 is 0. The molecule has 0 radical (unpaired) electrons. The quantitative estimate of drug-likeness (QED) is 0.725. The molecule has 1 aliphatic heterocycles. The average molecular weight is 367 g/mol. The molecule has 144 valence electrons. The summed E-state index contributed by atoms with van der Waals surface area (Å²) in [4.78, 5) is 17.3. The van der Waals surface area contributed by atoms with Crippen molar-refractivity contribution in [1.29, 1.82) is 0 Å². The fraction of sp³-hybridized carbons (Fsp3) is 0.455. The molecular weight excluding hydrogens is 336 g/mol. The number of amides is 1. The van der Waals surface area contributed by atoms with E-state index in [0.717, 1.165) is 36.6 Å². The van der Waals surface area contributed by atoms with Crippen molar-refractivity contribution < 1.29 is 4.79 Å². The maximum Gasteiger partial charge on any atom is 0.244 e. The Morgan fingerprint density at radius 3 is 2.70 bits per heavy atom. The van der Waals surface area contributed by atoms with Gasteiger partial charge in [0.25, 0.3) is 0 Å². The topological polar surface area (TPSA) is 80.0 Å². The van der Waals surface area contributed by atoms with E-state index < -0.39 is 5.54 Å². The maximum atomic E-state index is 12.6. The molecular formula is C22H30N4O. The number of carbonyl (C=O) groups is 1. The Balaban J connectivity index is 1.59. The summed E-state index contributed by atoms with van der Waals surface area (Å²) in [5, 5.41) is 6.28. The highest BCUT2D eigenvalue weighted by Gasteiger charge is 2.28. The van der Waals surface area contributed by atoms with Crippen LogP contribution in [-0.2, 0) is 17.6 Å². The third-order valence-electron chi connectivity index (χ3n) is 5.21. The summed E-state index contributed by atoms with van der Waals surface area (Å²) < 4.78 is 0. The number of rotatable bonds is 6. The van der Waals surface area contributed by atoms with Crippen LogP contribution >= 0.6 is 0 Å². The molecule has 3 rings (SSSR count). The van der Waals surface area contributed by atoms with E-state index in [0.29, 0.717) is 18.8 Å². The predicted octanol–water partition coefficient (Wildman–Crippen LogP) is 3.85. The van der Waals surface area contributed by atoms with Crippen molar-refractivity contribution in [3.05, 3.63) is 53.2 Å². The van der Waals surface area contributed by atoms with Crippen molar-refractivity contribution in [2.24, 2.45) is 5.73 Å². The Kier molecular flexibility index (Phi) is 5.80. The predicted molar refractivity (Wildman–Crippen MR) is 111 cm³/mol. The molecule has 0 saturated heterocycles. The summed E-state index contributed by atoms with van der Waals surface area (Å²) in [6.45, 7) is 7.04. The zero-order valence-electron chi connectivity index (χ0n) is 16.5. The Morgan fingerprint density at radius 2 is 2.00 bits per heavy atom. The largest absolute Gasteiger partial charge is 0.370 e. The Morgan fingerprint density at radius 1 is 1.26 bits per heavy atom. The van der Waals surface area contributed by atoms with Crippen LogP contribution in [0.5, 0.6) is 0 Å². The normalized spacial score (nSPS) is 15.6. The second-order valence-corrected chi connectivity index (χ2v) is 7.99. The van der Waals surface area contributed by atoms with Crippen molar-refractivity contribution in [3.63, 3.8) is 0 Å². The SMILES string of the molecule is CC(C)c1ccc(NC(=O)C(C)(N)CCc2ccc3c(n2)NCCC3)cc1. The number of aryl methyl sites for hydroxylation is 2. The summed E-state index contributed by atoms with van der Waals surface area (Å²) in [6.07, 6.45) is 3.42. The van der Waals surface area contributed by atoms with Crippen molar-refractivity contribution in [2.75, 3.05) is 17.2 Å². The minimum atomic E-state index is -0.957. The molecule has 0 fully saturated rings. The van der Waals surface area contributed by atoms with Gasteiger partial charge in [-0.1, -0.05) is 32.0 Å². The molecule has 2 heterocycles. The van der Waals surface area contributed by atoms with Crippen LogP contribution in [0.3, 0.4) is 0 Å². The van der Waals surface area contributed by atoms with Gasteiger partial charge in [0.1, 0.15) is 5.82 Å². The van der Waals surface area contributed by atoms with Gasteiger partial charge in [-0.25, -0.2) is 4.98 Å². The number of aromatic nitrogens is 1. The fourth-order valence-corrected chi connectivity index (χ4v) is 3.23. The molecule has 0 saturated carbocycles. The van der Waals surface area contributed by atoms with Gasteiger partial charge in [0.05, 0.1) is 5.54 Å². The molecule has 5 nitrogen and oxygen atoms in total. The third-order valence-corrected chi connectivity index (χ3v) is 5.21. The molecule has 27 heavy (non-hydrogen) atoms. The van der Waals surface area contributed by atoms with Gasteiger partial charge >= 0.3 is 0 Å². The molecule has 2 aromatic rings. The lowest BCUT2D eigenvalue weighted by Gasteiger charge is -2.24. The minimum Gasteiger partial charge on any atom is -0.370 e. The first-order valence-electron chi connectivity index (χ1n) is 9.78. The molecule has 0 bridgehead atoms. The van der Waals surface area contributed by atoms with Gasteiger partial charge in [0.2, 0.25) is 5.91 Å². The molecule has 1 aromatic carbocycles. The van der Waals surface area contributed by atoms with Crippen LogP contribution in [-0.4, -0.2) is 23.0 Å². The molecule has 1 amide bonds. The van der Waals surface area contributed by atoms with Crippen LogP contribution < -0.4 is 16.4 Å². The smallest absolute Gasteiger partial charge is 0.244 e. The van der Waals surface area contributed by atoms with Crippen molar-refractivity contribution in [1.82, 2.24) is 4.98 Å². The number of benzene rings is 1. The van der Waals surface area contributed by atoms with E-state index in [2.05, 4.69) is 35.5 Å². The zero-order valence-corrected chi connectivity index (χ0v) is 16.5. The fourth-order valence-electron chi connectivity index (χ4n) is 3.23. The van der Waals surface area contributed by atoms with Crippen LogP contribution in [0, 0.1) is 0 Å². The van der Waals surface area contributed by atoms with Crippen molar-refractivity contribution in [3.8, 4) is 0 Å². The first-order valence-corrected chi connectivity index (χ1v) is 9.78. The Hall–Kier alpha value is -2.40. The summed E-state index contributed by atoms with van der Waals surface area (Å²) in [5.74, 6) is 1.27. The van der Waals surface area contributed by atoms with Crippen LogP contribution in [0.15, 0.2) is 36.4 Å². The highest BCUT2D eigenvalue weighted by Crippen LogP contribution is 2.22. The minimum absolute atomic E-state index is 0.170. The lowest BCUT2D eigenvalue weighted by molar-refractivity contribution is -0.120. The number of hydrogen-bond donors (Lipinski definition) is 3. The molecule has 0 spiro atoms. The van der Waals surface area contributed by atoms with Crippen LogP contribution in [0.25, 0.3) is 0 Å². The van der Waals surface area contributed by atoms with E-state index in [1.165, 1.54) is 11.1 Å². The Bertz CT molecular complexity index is 796. The van der Waals surface area contributed by atoms with E-state index in [4.69, 9.17) is 5.73 Å². The van der Waals surface area contributed by atoms with Gasteiger partial charge in [-0.15, -0.1) is 0 Å². The van der Waals surface area contributed by atoms with Gasteiger partial charge in [0.15, 0.2) is 0 Å². The zero-order chi connectivity index (χ0) is 19.4. The van der Waals surface area contributed by atoms with Crippen LogP contribution in [0.2, 0.25) is 0 Å². The summed E-state index contributed by atoms with van der Waals surface area (Å²) in [7, 11) is 0. The second kappa shape index (κ2) is 8.09. The lowest BCUT2D eigenvalue weighted by atomic mass is 9.94. The number of nitrogens with zero attached hydrogens (tertiary/aromatic N) is 1. The van der Waals surface area contributed by atoms with Gasteiger partial charge in [-0.3, -0.25) is 4.79 Å². The Labute approximate surface area is 161 Å².